The van der Waals surface area contributed by atoms with Gasteiger partial charge in [0.2, 0.25) is 0 Å². The van der Waals surface area contributed by atoms with Gasteiger partial charge in [0.15, 0.2) is 0 Å². The summed E-state index contributed by atoms with van der Waals surface area (Å²) in [5, 5.41) is 7.37. The molecule has 1 N–H and O–H groups in total. The lowest BCUT2D eigenvalue weighted by atomic mass is 10.1. The van der Waals surface area contributed by atoms with Crippen LogP contribution in [0.25, 0.3) is 0 Å². The number of hydrogen-bond donors (Lipinski definition) is 1. The minimum absolute atomic E-state index is 0.0612. The lowest BCUT2D eigenvalue weighted by Gasteiger charge is -2.39. The van der Waals surface area contributed by atoms with Crippen molar-refractivity contribution in [3.8, 4) is 0 Å². The summed E-state index contributed by atoms with van der Waals surface area (Å²) in [7, 11) is 1.87. The van der Waals surface area contributed by atoms with Crippen molar-refractivity contribution >= 4 is 5.69 Å². The second-order valence-electron chi connectivity index (χ2n) is 5.95. The normalized spacial score (nSPS) is 19.9. The molecule has 20 heavy (non-hydrogen) atoms. The highest BCUT2D eigenvalue weighted by atomic mass is 16.5. The molecular formula is C14H24N4O2. The molecule has 0 spiro atoms. The Bertz CT molecular complexity index is 512. The van der Waals surface area contributed by atoms with Crippen LogP contribution in [0.3, 0.4) is 0 Å². The van der Waals surface area contributed by atoms with Crippen molar-refractivity contribution in [2.75, 3.05) is 31.6 Å². The topological polar surface area (TPSA) is 59.4 Å². The van der Waals surface area contributed by atoms with Crippen LogP contribution in [-0.2, 0) is 11.3 Å². The van der Waals surface area contributed by atoms with E-state index in [1.807, 2.05) is 14.0 Å². The van der Waals surface area contributed by atoms with E-state index < -0.39 is 0 Å². The minimum Gasteiger partial charge on any atom is -0.372 e. The maximum absolute atomic E-state index is 12.1. The molecule has 1 atom stereocenters. The van der Waals surface area contributed by atoms with Crippen LogP contribution < -0.4 is 15.8 Å². The van der Waals surface area contributed by atoms with Crippen LogP contribution in [0.2, 0.25) is 0 Å². The maximum Gasteiger partial charge on any atom is 0.268 e. The standard InChI is InChI=1S/C14H24N4O2/c1-11(15-4)9-18-13(19)7-12(8-16-18)17-5-6-20-14(2,3)10-17/h7-8,11,15H,5-6,9-10H2,1-4H3. The highest BCUT2D eigenvalue weighted by Gasteiger charge is 2.27. The number of anilines is 1. The Morgan fingerprint density at radius 2 is 2.30 bits per heavy atom. The summed E-state index contributed by atoms with van der Waals surface area (Å²) in [5.41, 5.74) is 0.627. The van der Waals surface area contributed by atoms with Gasteiger partial charge in [0, 0.05) is 25.2 Å². The molecule has 0 aliphatic carbocycles. The monoisotopic (exact) mass is 280 g/mol. The number of nitrogens with zero attached hydrogens (tertiary/aromatic N) is 3. The predicted molar refractivity (Wildman–Crippen MR) is 79.3 cm³/mol. The Kier molecular flexibility index (Phi) is 4.45. The smallest absolute Gasteiger partial charge is 0.268 e. The molecule has 1 fully saturated rings. The fourth-order valence-corrected chi connectivity index (χ4v) is 2.32. The first-order valence-corrected chi connectivity index (χ1v) is 7.04. The van der Waals surface area contributed by atoms with Gasteiger partial charge in [-0.1, -0.05) is 0 Å². The van der Waals surface area contributed by atoms with Crippen molar-refractivity contribution in [2.24, 2.45) is 0 Å². The van der Waals surface area contributed by atoms with Crippen LogP contribution >= 0.6 is 0 Å². The molecule has 1 aliphatic heterocycles. The maximum atomic E-state index is 12.1. The Morgan fingerprint density at radius 3 is 2.90 bits per heavy atom. The molecule has 0 radical (unpaired) electrons. The third kappa shape index (κ3) is 3.58. The Morgan fingerprint density at radius 1 is 1.55 bits per heavy atom. The molecule has 1 aromatic rings. The van der Waals surface area contributed by atoms with Gasteiger partial charge in [-0.3, -0.25) is 4.79 Å². The molecule has 1 unspecified atom stereocenters. The molecule has 6 heteroatoms. The minimum atomic E-state index is -0.187. The van der Waals surface area contributed by atoms with Gasteiger partial charge in [-0.15, -0.1) is 0 Å². The molecule has 0 amide bonds. The lowest BCUT2D eigenvalue weighted by Crippen LogP contribution is -2.48. The Balaban J connectivity index is 2.14. The third-order valence-corrected chi connectivity index (χ3v) is 3.59. The largest absolute Gasteiger partial charge is 0.372 e. The molecule has 6 nitrogen and oxygen atoms in total. The molecule has 0 saturated carbocycles. The summed E-state index contributed by atoms with van der Waals surface area (Å²) >= 11 is 0. The highest BCUT2D eigenvalue weighted by molar-refractivity contribution is 5.43. The van der Waals surface area contributed by atoms with E-state index >= 15 is 0 Å². The van der Waals surface area contributed by atoms with Gasteiger partial charge < -0.3 is 15.0 Å². The van der Waals surface area contributed by atoms with E-state index in [-0.39, 0.29) is 17.2 Å². The number of morpholine rings is 1. The van der Waals surface area contributed by atoms with Crippen molar-refractivity contribution in [1.82, 2.24) is 15.1 Å². The van der Waals surface area contributed by atoms with Crippen LogP contribution in [0.5, 0.6) is 0 Å². The summed E-state index contributed by atoms with van der Waals surface area (Å²) in [6.07, 6.45) is 1.77. The molecule has 2 heterocycles. The molecule has 0 bridgehead atoms. The molecule has 1 saturated heterocycles. The lowest BCUT2D eigenvalue weighted by molar-refractivity contribution is -0.0277. The number of aromatic nitrogens is 2. The van der Waals surface area contributed by atoms with Crippen molar-refractivity contribution in [1.29, 1.82) is 0 Å². The zero-order valence-corrected chi connectivity index (χ0v) is 12.7. The summed E-state index contributed by atoms with van der Waals surface area (Å²) in [6.45, 7) is 8.95. The van der Waals surface area contributed by atoms with E-state index in [4.69, 9.17) is 4.74 Å². The van der Waals surface area contributed by atoms with Crippen molar-refractivity contribution < 1.29 is 4.74 Å². The molecule has 0 aromatic carbocycles. The third-order valence-electron chi connectivity index (χ3n) is 3.59. The fourth-order valence-electron chi connectivity index (χ4n) is 2.32. The zero-order valence-electron chi connectivity index (χ0n) is 12.7. The number of ether oxygens (including phenoxy) is 1. The van der Waals surface area contributed by atoms with Gasteiger partial charge in [0.1, 0.15) is 0 Å². The number of hydrogen-bond acceptors (Lipinski definition) is 5. The first-order valence-electron chi connectivity index (χ1n) is 7.04. The van der Waals surface area contributed by atoms with Crippen LogP contribution in [0, 0.1) is 0 Å². The summed E-state index contributed by atoms with van der Waals surface area (Å²) < 4.78 is 7.18. The van der Waals surface area contributed by atoms with Gasteiger partial charge in [0.25, 0.3) is 5.56 Å². The number of nitrogens with one attached hydrogen (secondary N) is 1. The van der Waals surface area contributed by atoms with Crippen molar-refractivity contribution in [2.45, 2.75) is 39.0 Å². The number of likely N-dealkylation sites (N-methyl/N-ethyl adjacent to an activating group) is 1. The van der Waals surface area contributed by atoms with Gasteiger partial charge in [-0.25, -0.2) is 4.68 Å². The molecule has 1 aliphatic rings. The second-order valence-corrected chi connectivity index (χ2v) is 5.95. The van der Waals surface area contributed by atoms with Crippen LogP contribution in [0.15, 0.2) is 17.1 Å². The fraction of sp³-hybridized carbons (Fsp3) is 0.714. The average molecular weight is 280 g/mol. The van der Waals surface area contributed by atoms with Gasteiger partial charge in [-0.05, 0) is 27.8 Å². The SMILES string of the molecule is CNC(C)Cn1ncc(N2CCOC(C)(C)C2)cc1=O. The quantitative estimate of drug-likeness (QED) is 0.868. The molecule has 2 rings (SSSR count). The molecular weight excluding hydrogens is 256 g/mol. The van der Waals surface area contributed by atoms with E-state index in [1.165, 1.54) is 4.68 Å². The highest BCUT2D eigenvalue weighted by Crippen LogP contribution is 2.21. The van der Waals surface area contributed by atoms with Crippen molar-refractivity contribution in [3.05, 3.63) is 22.6 Å². The van der Waals surface area contributed by atoms with Gasteiger partial charge in [0.05, 0.1) is 30.6 Å². The van der Waals surface area contributed by atoms with E-state index in [0.717, 1.165) is 18.8 Å². The van der Waals surface area contributed by atoms with Crippen LogP contribution in [-0.4, -0.2) is 48.2 Å². The first-order chi connectivity index (χ1) is 9.41. The van der Waals surface area contributed by atoms with E-state index in [2.05, 4.69) is 29.2 Å². The second kappa shape index (κ2) is 5.93. The van der Waals surface area contributed by atoms with E-state index in [1.54, 1.807) is 12.3 Å². The molecule has 1 aromatic heterocycles. The van der Waals surface area contributed by atoms with E-state index in [0.29, 0.717) is 13.2 Å². The van der Waals surface area contributed by atoms with Crippen LogP contribution in [0.1, 0.15) is 20.8 Å². The predicted octanol–water partition coefficient (Wildman–Crippen LogP) is 0.466. The summed E-state index contributed by atoms with van der Waals surface area (Å²) in [5.74, 6) is 0. The number of rotatable bonds is 4. The van der Waals surface area contributed by atoms with Crippen LogP contribution in [0.4, 0.5) is 5.69 Å². The summed E-state index contributed by atoms with van der Waals surface area (Å²) in [4.78, 5) is 14.3. The van der Waals surface area contributed by atoms with E-state index in [9.17, 15) is 4.79 Å². The van der Waals surface area contributed by atoms with Crippen molar-refractivity contribution in [3.63, 3.8) is 0 Å². The Labute approximate surface area is 119 Å². The van der Waals surface area contributed by atoms with Gasteiger partial charge >= 0.3 is 0 Å². The zero-order chi connectivity index (χ0) is 14.8. The molecule has 112 valence electrons. The average Bonchev–Trinajstić information content (AvgIpc) is 2.39. The summed E-state index contributed by atoms with van der Waals surface area (Å²) in [6, 6.07) is 1.88. The first kappa shape index (κ1) is 15.0. The Hall–Kier alpha value is -1.40. The van der Waals surface area contributed by atoms with Gasteiger partial charge in [-0.2, -0.15) is 5.10 Å².